The van der Waals surface area contributed by atoms with E-state index in [0.717, 1.165) is 44.9 Å². The Kier molecular flexibility index (Phi) is 3.76. The van der Waals surface area contributed by atoms with E-state index in [2.05, 4.69) is 12.2 Å². The van der Waals surface area contributed by atoms with Crippen LogP contribution in [0.1, 0.15) is 64.7 Å². The molecule has 2 aliphatic carbocycles. The second kappa shape index (κ2) is 5.43. The van der Waals surface area contributed by atoms with Crippen LogP contribution in [0.5, 0.6) is 0 Å². The standard InChI is InChI=1S/C16H24N2O3/c1-2-11-5-7-12(8-6-11)18-14(20)16(9-3-4-10-16)13(19)17-15(18)21/h11-12H,2-10H2,1H3,(H,17,19,21). The Labute approximate surface area is 125 Å². The lowest BCUT2D eigenvalue weighted by Gasteiger charge is -2.42. The minimum Gasteiger partial charge on any atom is -0.277 e. The molecule has 0 atom stereocenters. The molecular weight excluding hydrogens is 268 g/mol. The SMILES string of the molecule is CCC1CCC(N2C(=O)NC(=O)C3(CCCC3)C2=O)CC1. The van der Waals surface area contributed by atoms with Crippen LogP contribution >= 0.6 is 0 Å². The van der Waals surface area contributed by atoms with Crippen molar-refractivity contribution in [2.45, 2.75) is 70.8 Å². The van der Waals surface area contributed by atoms with E-state index in [4.69, 9.17) is 0 Å². The molecular formula is C16H24N2O3. The third kappa shape index (κ3) is 2.27. The number of rotatable bonds is 2. The Morgan fingerprint density at radius 2 is 1.71 bits per heavy atom. The highest BCUT2D eigenvalue weighted by Gasteiger charge is 2.56. The topological polar surface area (TPSA) is 66.5 Å². The van der Waals surface area contributed by atoms with Crippen LogP contribution in [0.3, 0.4) is 0 Å². The average molecular weight is 292 g/mol. The van der Waals surface area contributed by atoms with Gasteiger partial charge in [-0.15, -0.1) is 0 Å². The van der Waals surface area contributed by atoms with Crippen molar-refractivity contribution < 1.29 is 14.4 Å². The number of carbonyl (C=O) groups excluding carboxylic acids is 3. The van der Waals surface area contributed by atoms with E-state index in [0.29, 0.717) is 18.8 Å². The summed E-state index contributed by atoms with van der Waals surface area (Å²) < 4.78 is 0. The molecule has 0 aromatic carbocycles. The molecule has 3 aliphatic rings. The number of nitrogens with one attached hydrogen (secondary N) is 1. The number of hydrogen-bond acceptors (Lipinski definition) is 3. The van der Waals surface area contributed by atoms with Gasteiger partial charge < -0.3 is 0 Å². The molecule has 1 heterocycles. The number of carbonyl (C=O) groups is 3. The molecule has 5 nitrogen and oxygen atoms in total. The fourth-order valence-electron chi connectivity index (χ4n) is 4.26. The molecule has 5 heteroatoms. The van der Waals surface area contributed by atoms with Gasteiger partial charge >= 0.3 is 6.03 Å². The summed E-state index contributed by atoms with van der Waals surface area (Å²) in [7, 11) is 0. The van der Waals surface area contributed by atoms with E-state index in [9.17, 15) is 14.4 Å². The fraction of sp³-hybridized carbons (Fsp3) is 0.812. The molecule has 1 saturated heterocycles. The Hall–Kier alpha value is -1.39. The van der Waals surface area contributed by atoms with Gasteiger partial charge in [0, 0.05) is 6.04 Å². The summed E-state index contributed by atoms with van der Waals surface area (Å²) in [6, 6.07) is -0.520. The Morgan fingerprint density at radius 3 is 2.29 bits per heavy atom. The molecule has 2 saturated carbocycles. The molecule has 0 bridgehead atoms. The van der Waals surface area contributed by atoms with Gasteiger partial charge in [-0.1, -0.05) is 26.2 Å². The molecule has 0 aromatic heterocycles. The molecule has 1 spiro atoms. The van der Waals surface area contributed by atoms with Crippen LogP contribution in [-0.2, 0) is 9.59 Å². The second-order valence-corrected chi connectivity index (χ2v) is 6.81. The Morgan fingerprint density at radius 1 is 1.10 bits per heavy atom. The number of hydrogen-bond donors (Lipinski definition) is 1. The number of barbiturate groups is 1. The fourth-order valence-corrected chi connectivity index (χ4v) is 4.26. The number of nitrogens with zero attached hydrogens (tertiary/aromatic N) is 1. The third-order valence-electron chi connectivity index (χ3n) is 5.72. The molecule has 4 amide bonds. The molecule has 3 fully saturated rings. The van der Waals surface area contributed by atoms with E-state index in [1.54, 1.807) is 0 Å². The van der Waals surface area contributed by atoms with E-state index >= 15 is 0 Å². The molecule has 1 N–H and O–H groups in total. The first-order valence-electron chi connectivity index (χ1n) is 8.27. The Balaban J connectivity index is 1.79. The maximum absolute atomic E-state index is 12.9. The lowest BCUT2D eigenvalue weighted by molar-refractivity contribution is -0.153. The van der Waals surface area contributed by atoms with Crippen LogP contribution in [0.4, 0.5) is 4.79 Å². The van der Waals surface area contributed by atoms with Crippen molar-refractivity contribution in [3.63, 3.8) is 0 Å². The lowest BCUT2D eigenvalue weighted by Crippen LogP contribution is -2.65. The van der Waals surface area contributed by atoms with Gasteiger partial charge in [-0.3, -0.25) is 19.8 Å². The molecule has 116 valence electrons. The highest BCUT2D eigenvalue weighted by Crippen LogP contribution is 2.43. The Bertz CT molecular complexity index is 460. The predicted octanol–water partition coefficient (Wildman–Crippen LogP) is 2.59. The molecule has 1 aliphatic heterocycles. The summed E-state index contributed by atoms with van der Waals surface area (Å²) >= 11 is 0. The first-order chi connectivity index (χ1) is 10.1. The first-order valence-corrected chi connectivity index (χ1v) is 8.27. The van der Waals surface area contributed by atoms with Crippen molar-refractivity contribution in [3.05, 3.63) is 0 Å². The molecule has 0 radical (unpaired) electrons. The predicted molar refractivity (Wildman–Crippen MR) is 77.3 cm³/mol. The van der Waals surface area contributed by atoms with E-state index < -0.39 is 11.4 Å². The summed E-state index contributed by atoms with van der Waals surface area (Å²) in [6.07, 6.45) is 8.02. The zero-order chi connectivity index (χ0) is 15.0. The van der Waals surface area contributed by atoms with Gasteiger partial charge in [0.25, 0.3) is 0 Å². The first kappa shape index (κ1) is 14.5. The van der Waals surface area contributed by atoms with Gasteiger partial charge in [-0.25, -0.2) is 4.79 Å². The average Bonchev–Trinajstić information content (AvgIpc) is 2.97. The van der Waals surface area contributed by atoms with E-state index in [1.807, 2.05) is 0 Å². The number of amides is 4. The van der Waals surface area contributed by atoms with Gasteiger partial charge in [0.05, 0.1) is 0 Å². The molecule has 21 heavy (non-hydrogen) atoms. The normalized spacial score (nSPS) is 32.6. The van der Waals surface area contributed by atoms with Crippen molar-refractivity contribution in [1.82, 2.24) is 10.2 Å². The zero-order valence-electron chi connectivity index (χ0n) is 12.7. The smallest absolute Gasteiger partial charge is 0.277 e. The number of imide groups is 2. The third-order valence-corrected chi connectivity index (χ3v) is 5.72. The second-order valence-electron chi connectivity index (χ2n) is 6.81. The van der Waals surface area contributed by atoms with Gasteiger partial charge in [0.15, 0.2) is 0 Å². The molecule has 0 unspecified atom stereocenters. The highest BCUT2D eigenvalue weighted by atomic mass is 16.2. The quantitative estimate of drug-likeness (QED) is 0.795. The maximum Gasteiger partial charge on any atom is 0.331 e. The van der Waals surface area contributed by atoms with E-state index in [1.165, 1.54) is 4.90 Å². The van der Waals surface area contributed by atoms with Crippen LogP contribution in [-0.4, -0.2) is 28.8 Å². The van der Waals surface area contributed by atoms with Crippen LogP contribution < -0.4 is 5.32 Å². The van der Waals surface area contributed by atoms with E-state index in [-0.39, 0.29) is 17.9 Å². The van der Waals surface area contributed by atoms with Crippen molar-refractivity contribution in [2.24, 2.45) is 11.3 Å². The monoisotopic (exact) mass is 292 g/mol. The van der Waals surface area contributed by atoms with Crippen LogP contribution in [0, 0.1) is 11.3 Å². The zero-order valence-corrected chi connectivity index (χ0v) is 12.7. The summed E-state index contributed by atoms with van der Waals surface area (Å²) in [5.41, 5.74) is -0.949. The van der Waals surface area contributed by atoms with Gasteiger partial charge in [-0.2, -0.15) is 0 Å². The van der Waals surface area contributed by atoms with Crippen molar-refractivity contribution in [2.75, 3.05) is 0 Å². The molecule has 0 aromatic rings. The summed E-state index contributed by atoms with van der Waals surface area (Å²) in [4.78, 5) is 38.6. The summed E-state index contributed by atoms with van der Waals surface area (Å²) in [5.74, 6) is 0.119. The lowest BCUT2D eigenvalue weighted by atomic mass is 9.79. The van der Waals surface area contributed by atoms with Gasteiger partial charge in [0.2, 0.25) is 11.8 Å². The summed E-state index contributed by atoms with van der Waals surface area (Å²) in [6.45, 7) is 2.19. The van der Waals surface area contributed by atoms with Gasteiger partial charge in [-0.05, 0) is 44.4 Å². The van der Waals surface area contributed by atoms with Crippen LogP contribution in [0.25, 0.3) is 0 Å². The largest absolute Gasteiger partial charge is 0.331 e. The van der Waals surface area contributed by atoms with Crippen LogP contribution in [0.15, 0.2) is 0 Å². The van der Waals surface area contributed by atoms with Gasteiger partial charge in [0.1, 0.15) is 5.41 Å². The summed E-state index contributed by atoms with van der Waals surface area (Å²) in [5, 5.41) is 2.44. The van der Waals surface area contributed by atoms with Crippen molar-refractivity contribution in [3.8, 4) is 0 Å². The van der Waals surface area contributed by atoms with Crippen molar-refractivity contribution >= 4 is 17.8 Å². The maximum atomic E-state index is 12.9. The van der Waals surface area contributed by atoms with Crippen LogP contribution in [0.2, 0.25) is 0 Å². The highest BCUT2D eigenvalue weighted by molar-refractivity contribution is 6.19. The van der Waals surface area contributed by atoms with Crippen molar-refractivity contribution in [1.29, 1.82) is 0 Å². The minimum atomic E-state index is -0.949. The number of urea groups is 1. The molecule has 3 rings (SSSR count). The minimum absolute atomic E-state index is 0.0223.